The van der Waals surface area contributed by atoms with Crippen molar-refractivity contribution in [3.05, 3.63) is 68.7 Å². The van der Waals surface area contributed by atoms with Gasteiger partial charge in [0.1, 0.15) is 0 Å². The zero-order chi connectivity index (χ0) is 19.6. The van der Waals surface area contributed by atoms with Crippen molar-refractivity contribution < 1.29 is 13.2 Å². The number of hydrogen-bond acceptors (Lipinski definition) is 3. The second kappa shape index (κ2) is 8.61. The summed E-state index contributed by atoms with van der Waals surface area (Å²) in [5.74, 6) is -0.0413. The molecule has 27 heavy (non-hydrogen) atoms. The zero-order valence-corrected chi connectivity index (χ0v) is 17.2. The number of carbonyl (C=O) groups is 1. The number of fused-ring (bicyclic) bond motifs is 1. The fourth-order valence-electron chi connectivity index (χ4n) is 3.41. The van der Waals surface area contributed by atoms with E-state index in [1.807, 2.05) is 36.1 Å². The lowest BCUT2D eigenvalue weighted by Crippen LogP contribution is -2.29. The standard InChI is InChI=1S/C19H20Cl2N2O3S/c1-12-15-5-3-2-4-14(15)11-23(12)18(24)10-16-17(20)7-6-13(19(16)21)8-9-22-27(25)26/h2-7,12,27H,8-11H2,1H3,(H,22,25,26)/t12-/m0/s1. The molecule has 0 spiro atoms. The van der Waals surface area contributed by atoms with Gasteiger partial charge in [-0.2, -0.15) is 0 Å². The molecule has 0 bridgehead atoms. The van der Waals surface area contributed by atoms with E-state index in [-0.39, 0.29) is 24.9 Å². The Morgan fingerprint density at radius 2 is 1.96 bits per heavy atom. The van der Waals surface area contributed by atoms with Crippen molar-refractivity contribution in [2.45, 2.75) is 32.4 Å². The first-order chi connectivity index (χ1) is 12.9. The smallest absolute Gasteiger partial charge is 0.227 e. The van der Waals surface area contributed by atoms with Gasteiger partial charge in [-0.25, -0.2) is 13.1 Å². The van der Waals surface area contributed by atoms with E-state index >= 15 is 0 Å². The minimum absolute atomic E-state index is 0.00647. The van der Waals surface area contributed by atoms with Gasteiger partial charge in [0.2, 0.25) is 16.8 Å². The van der Waals surface area contributed by atoms with Gasteiger partial charge in [0.15, 0.2) is 0 Å². The zero-order valence-electron chi connectivity index (χ0n) is 14.7. The molecule has 8 heteroatoms. The highest BCUT2D eigenvalue weighted by molar-refractivity contribution is 7.70. The van der Waals surface area contributed by atoms with Crippen LogP contribution in [0.2, 0.25) is 10.0 Å². The molecule has 1 aliphatic rings. The highest BCUT2D eigenvalue weighted by Crippen LogP contribution is 2.35. The van der Waals surface area contributed by atoms with Crippen molar-refractivity contribution in [1.82, 2.24) is 9.62 Å². The van der Waals surface area contributed by atoms with Crippen LogP contribution in [0.3, 0.4) is 0 Å². The predicted octanol–water partition coefficient (Wildman–Crippen LogP) is 3.30. The van der Waals surface area contributed by atoms with E-state index in [1.165, 1.54) is 0 Å². The van der Waals surface area contributed by atoms with Crippen LogP contribution in [-0.4, -0.2) is 25.8 Å². The van der Waals surface area contributed by atoms with Gasteiger partial charge in [-0.3, -0.25) is 4.79 Å². The van der Waals surface area contributed by atoms with Crippen molar-refractivity contribution >= 4 is 40.0 Å². The van der Waals surface area contributed by atoms with Crippen molar-refractivity contribution in [3.63, 3.8) is 0 Å². The summed E-state index contributed by atoms with van der Waals surface area (Å²) in [6, 6.07) is 11.5. The molecule has 2 aromatic rings. The molecule has 0 saturated carbocycles. The van der Waals surface area contributed by atoms with Crippen LogP contribution in [0.15, 0.2) is 36.4 Å². The summed E-state index contributed by atoms with van der Waals surface area (Å²) < 4.78 is 23.6. The molecule has 3 rings (SSSR count). The number of nitrogens with one attached hydrogen (secondary N) is 1. The van der Waals surface area contributed by atoms with E-state index in [2.05, 4.69) is 4.72 Å². The van der Waals surface area contributed by atoms with Gasteiger partial charge >= 0.3 is 0 Å². The normalized spacial score (nSPS) is 16.0. The first-order valence-corrected chi connectivity index (χ1v) is 10.5. The fourth-order valence-corrected chi connectivity index (χ4v) is 4.31. The lowest BCUT2D eigenvalue weighted by atomic mass is 10.0. The van der Waals surface area contributed by atoms with E-state index in [1.54, 1.807) is 12.1 Å². The van der Waals surface area contributed by atoms with Crippen LogP contribution in [0.5, 0.6) is 0 Å². The summed E-state index contributed by atoms with van der Waals surface area (Å²) in [4.78, 5) is 14.8. The Bertz CT molecular complexity index is 939. The summed E-state index contributed by atoms with van der Waals surface area (Å²) >= 11 is 12.8. The molecular weight excluding hydrogens is 407 g/mol. The molecule has 1 aliphatic heterocycles. The van der Waals surface area contributed by atoms with Crippen molar-refractivity contribution in [3.8, 4) is 0 Å². The Balaban J connectivity index is 1.76. The average molecular weight is 427 g/mol. The second-order valence-electron chi connectivity index (χ2n) is 6.49. The molecule has 1 N–H and O–H groups in total. The summed E-state index contributed by atoms with van der Waals surface area (Å²) in [5, 5.41) is 0.854. The molecule has 1 atom stereocenters. The Kier molecular flexibility index (Phi) is 6.42. The molecule has 0 radical (unpaired) electrons. The number of thiol groups is 1. The maximum atomic E-state index is 12.9. The number of halogens is 2. The van der Waals surface area contributed by atoms with Crippen molar-refractivity contribution in [1.29, 1.82) is 0 Å². The minimum atomic E-state index is -2.65. The number of nitrogens with zero attached hydrogens (tertiary/aromatic N) is 1. The fraction of sp³-hybridized carbons (Fsp3) is 0.316. The minimum Gasteiger partial charge on any atom is -0.331 e. The van der Waals surface area contributed by atoms with Gasteiger partial charge in [0.25, 0.3) is 0 Å². The molecule has 0 aromatic heterocycles. The molecule has 2 aromatic carbocycles. The van der Waals surface area contributed by atoms with E-state index in [9.17, 15) is 13.2 Å². The highest BCUT2D eigenvalue weighted by Gasteiger charge is 2.30. The lowest BCUT2D eigenvalue weighted by Gasteiger charge is -2.23. The van der Waals surface area contributed by atoms with Crippen LogP contribution in [-0.2, 0) is 35.1 Å². The summed E-state index contributed by atoms with van der Waals surface area (Å²) in [6.07, 6.45) is 0.527. The molecule has 144 valence electrons. The molecular formula is C19H20Cl2N2O3S. The molecule has 1 amide bonds. The van der Waals surface area contributed by atoms with Crippen LogP contribution < -0.4 is 4.72 Å². The van der Waals surface area contributed by atoms with Gasteiger partial charge in [-0.1, -0.05) is 53.5 Å². The molecule has 0 saturated heterocycles. The number of rotatable bonds is 6. The van der Waals surface area contributed by atoms with E-state index in [0.29, 0.717) is 28.6 Å². The number of carbonyl (C=O) groups excluding carboxylic acids is 1. The van der Waals surface area contributed by atoms with Gasteiger partial charge < -0.3 is 4.90 Å². The summed E-state index contributed by atoms with van der Waals surface area (Å²) in [5.41, 5.74) is 3.65. The number of hydrogen-bond donors (Lipinski definition) is 2. The van der Waals surface area contributed by atoms with Gasteiger partial charge in [-0.15, -0.1) is 0 Å². The third-order valence-electron chi connectivity index (χ3n) is 4.86. The maximum absolute atomic E-state index is 12.9. The molecule has 0 aliphatic carbocycles. The van der Waals surface area contributed by atoms with Crippen LogP contribution >= 0.6 is 23.2 Å². The molecule has 0 unspecified atom stereocenters. The monoisotopic (exact) mass is 426 g/mol. The molecule has 1 heterocycles. The summed E-state index contributed by atoms with van der Waals surface area (Å²) in [6.45, 7) is 2.83. The number of benzene rings is 2. The maximum Gasteiger partial charge on any atom is 0.227 e. The number of amides is 1. The van der Waals surface area contributed by atoms with Gasteiger partial charge in [-0.05, 0) is 41.7 Å². The van der Waals surface area contributed by atoms with E-state index < -0.39 is 10.9 Å². The lowest BCUT2D eigenvalue weighted by molar-refractivity contribution is -0.132. The van der Waals surface area contributed by atoms with E-state index in [4.69, 9.17) is 23.2 Å². The Hall–Kier alpha value is -1.60. The predicted molar refractivity (Wildman–Crippen MR) is 108 cm³/mol. The van der Waals surface area contributed by atoms with Gasteiger partial charge in [0.05, 0.1) is 12.5 Å². The van der Waals surface area contributed by atoms with Crippen molar-refractivity contribution in [2.24, 2.45) is 0 Å². The SMILES string of the molecule is C[C@H]1c2ccccc2CN1C(=O)Cc1c(Cl)ccc(CCN[SH](=O)=O)c1Cl. The Morgan fingerprint density at radius 3 is 2.67 bits per heavy atom. The third kappa shape index (κ3) is 4.46. The highest BCUT2D eigenvalue weighted by atomic mass is 35.5. The van der Waals surface area contributed by atoms with Crippen molar-refractivity contribution in [2.75, 3.05) is 6.54 Å². The topological polar surface area (TPSA) is 66.5 Å². The summed E-state index contributed by atoms with van der Waals surface area (Å²) in [7, 11) is -2.65. The average Bonchev–Trinajstić information content (AvgIpc) is 2.97. The Labute approximate surface area is 170 Å². The van der Waals surface area contributed by atoms with Crippen LogP contribution in [0, 0.1) is 0 Å². The quantitative estimate of drug-likeness (QED) is 0.696. The first kappa shape index (κ1) is 20.1. The van der Waals surface area contributed by atoms with Crippen LogP contribution in [0.1, 0.15) is 35.2 Å². The second-order valence-corrected chi connectivity index (χ2v) is 8.10. The first-order valence-electron chi connectivity index (χ1n) is 8.59. The van der Waals surface area contributed by atoms with Crippen LogP contribution in [0.4, 0.5) is 0 Å². The van der Waals surface area contributed by atoms with Crippen LogP contribution in [0.25, 0.3) is 0 Å². The molecule has 5 nitrogen and oxygen atoms in total. The molecule has 0 fully saturated rings. The Morgan fingerprint density at radius 1 is 1.22 bits per heavy atom. The van der Waals surface area contributed by atoms with Gasteiger partial charge in [0, 0.05) is 23.1 Å². The third-order valence-corrected chi connectivity index (χ3v) is 6.17. The van der Waals surface area contributed by atoms with E-state index in [0.717, 1.165) is 16.7 Å². The largest absolute Gasteiger partial charge is 0.331 e.